The van der Waals surface area contributed by atoms with Crippen molar-refractivity contribution in [2.45, 2.75) is 13.3 Å². The molecule has 0 aliphatic carbocycles. The molecular weight excluding hydrogens is 213 g/mol. The average molecular weight is 226 g/mol. The van der Waals surface area contributed by atoms with Gasteiger partial charge in [0.1, 0.15) is 0 Å². The van der Waals surface area contributed by atoms with Crippen molar-refractivity contribution in [3.8, 4) is 0 Å². The van der Waals surface area contributed by atoms with Crippen molar-refractivity contribution < 1.29 is 21.2 Å². The van der Waals surface area contributed by atoms with Gasteiger partial charge in [-0.3, -0.25) is 0 Å². The molecule has 0 aromatic carbocycles. The van der Waals surface area contributed by atoms with Crippen molar-refractivity contribution in [1.82, 2.24) is 5.32 Å². The summed E-state index contributed by atoms with van der Waals surface area (Å²) in [6.45, 7) is 3.60. The van der Waals surface area contributed by atoms with Gasteiger partial charge in [0.25, 0.3) is 0 Å². The van der Waals surface area contributed by atoms with Crippen LogP contribution in [0, 0.1) is 5.92 Å². The molecule has 1 N–H and O–H groups in total. The molecule has 1 fully saturated rings. The van der Waals surface area contributed by atoms with Crippen LogP contribution >= 0.6 is 0 Å². The van der Waals surface area contributed by atoms with Gasteiger partial charge in [-0.15, -0.1) is 0 Å². The summed E-state index contributed by atoms with van der Waals surface area (Å²) >= 11 is 0.549. The van der Waals surface area contributed by atoms with E-state index in [4.69, 9.17) is 0 Å². The van der Waals surface area contributed by atoms with Crippen LogP contribution in [0.15, 0.2) is 0 Å². The van der Waals surface area contributed by atoms with E-state index in [1.165, 1.54) is 21.9 Å². The van der Waals surface area contributed by atoms with Crippen LogP contribution in [-0.4, -0.2) is 15.5 Å². The third-order valence-corrected chi connectivity index (χ3v) is 3.88. The van der Waals surface area contributed by atoms with Crippen LogP contribution in [0.25, 0.3) is 0 Å². The molecule has 1 rings (SSSR count). The zero-order valence-electron chi connectivity index (χ0n) is 5.28. The second kappa shape index (κ2) is 3.67. The summed E-state index contributed by atoms with van der Waals surface area (Å²) in [6, 6.07) is 0. The summed E-state index contributed by atoms with van der Waals surface area (Å²) < 4.78 is 2.89. The summed E-state index contributed by atoms with van der Waals surface area (Å²) in [7, 11) is 0. The second-order valence-electron chi connectivity index (χ2n) is 2.36. The zero-order chi connectivity index (χ0) is 5.82. The van der Waals surface area contributed by atoms with E-state index in [2.05, 4.69) is 12.2 Å². The van der Waals surface area contributed by atoms with E-state index in [0.29, 0.717) is 21.2 Å². The van der Waals surface area contributed by atoms with Crippen molar-refractivity contribution in [1.29, 1.82) is 0 Å². The second-order valence-corrected chi connectivity index (χ2v) is 5.28. The van der Waals surface area contributed by atoms with Crippen molar-refractivity contribution in [3.05, 3.63) is 0 Å². The van der Waals surface area contributed by atoms with E-state index >= 15 is 0 Å². The molecule has 0 radical (unpaired) electrons. The maximum absolute atomic E-state index is 3.45. The minimum absolute atomic E-state index is 0.549. The van der Waals surface area contributed by atoms with E-state index in [0.717, 1.165) is 5.92 Å². The van der Waals surface area contributed by atoms with Gasteiger partial charge in [-0.2, -0.15) is 0 Å². The SMILES string of the molecule is CC1CC[I-]CNC1. The quantitative estimate of drug-likeness (QED) is 0.277. The number of alkyl halides is 2. The summed E-state index contributed by atoms with van der Waals surface area (Å²) in [6.07, 6.45) is 1.47. The Labute approximate surface area is 61.5 Å². The Hall–Kier alpha value is 0.690. The van der Waals surface area contributed by atoms with Crippen LogP contribution in [0.4, 0.5) is 0 Å². The molecule has 0 aromatic rings. The Morgan fingerprint density at radius 1 is 1.62 bits per heavy atom. The van der Waals surface area contributed by atoms with Crippen LogP contribution in [-0.2, 0) is 0 Å². The standard InChI is InChI=1S/C6H13IN/c1-6-2-3-7-5-8-4-6/h6,8H,2-5H2,1H3/q-1. The molecule has 1 heterocycles. The predicted molar refractivity (Wildman–Crippen MR) is 31.5 cm³/mol. The van der Waals surface area contributed by atoms with Crippen LogP contribution in [0.2, 0.25) is 0 Å². The van der Waals surface area contributed by atoms with E-state index in [1.54, 1.807) is 0 Å². The van der Waals surface area contributed by atoms with E-state index in [-0.39, 0.29) is 0 Å². The van der Waals surface area contributed by atoms with Crippen molar-refractivity contribution in [3.63, 3.8) is 0 Å². The number of hydrogen-bond acceptors (Lipinski definition) is 1. The van der Waals surface area contributed by atoms with Gasteiger partial charge in [0, 0.05) is 0 Å². The molecule has 2 heteroatoms. The first-order chi connectivity index (χ1) is 3.89. The third-order valence-electron chi connectivity index (χ3n) is 1.42. The number of halogens is 1. The molecule has 0 spiro atoms. The van der Waals surface area contributed by atoms with Crippen molar-refractivity contribution in [2.75, 3.05) is 15.5 Å². The number of rotatable bonds is 0. The molecule has 50 valence electrons. The molecule has 0 amide bonds. The fraction of sp³-hybridized carbons (Fsp3) is 1.00. The first-order valence-electron chi connectivity index (χ1n) is 3.14. The van der Waals surface area contributed by atoms with Crippen LogP contribution in [0.5, 0.6) is 0 Å². The van der Waals surface area contributed by atoms with Gasteiger partial charge in [0.05, 0.1) is 0 Å². The average Bonchev–Trinajstić information content (AvgIpc) is 1.94. The first-order valence-corrected chi connectivity index (χ1v) is 6.19. The minimum atomic E-state index is 0.549. The Morgan fingerprint density at radius 2 is 2.50 bits per heavy atom. The molecule has 1 unspecified atom stereocenters. The summed E-state index contributed by atoms with van der Waals surface area (Å²) in [5, 5.41) is 3.45. The Bertz CT molecular complexity index is 57.5. The summed E-state index contributed by atoms with van der Waals surface area (Å²) in [5.74, 6) is 0.942. The zero-order valence-corrected chi connectivity index (χ0v) is 7.44. The van der Waals surface area contributed by atoms with Gasteiger partial charge in [0.15, 0.2) is 0 Å². The Kier molecular flexibility index (Phi) is 3.12. The van der Waals surface area contributed by atoms with E-state index in [1.807, 2.05) is 0 Å². The first kappa shape index (κ1) is 6.81. The van der Waals surface area contributed by atoms with Crippen molar-refractivity contribution in [2.24, 2.45) is 5.92 Å². The van der Waals surface area contributed by atoms with Gasteiger partial charge in [-0.25, -0.2) is 0 Å². The summed E-state index contributed by atoms with van der Waals surface area (Å²) in [5.41, 5.74) is 0. The molecular formula is C6H13IN-. The monoisotopic (exact) mass is 226 g/mol. The molecule has 1 aliphatic rings. The molecule has 1 nitrogen and oxygen atoms in total. The molecule has 0 bridgehead atoms. The third kappa shape index (κ3) is 2.31. The van der Waals surface area contributed by atoms with Crippen LogP contribution in [0.3, 0.4) is 0 Å². The topological polar surface area (TPSA) is 12.0 Å². The molecule has 1 saturated heterocycles. The normalized spacial score (nSPS) is 32.9. The van der Waals surface area contributed by atoms with Crippen LogP contribution in [0.1, 0.15) is 13.3 Å². The fourth-order valence-electron chi connectivity index (χ4n) is 0.800. The molecule has 0 aromatic heterocycles. The van der Waals surface area contributed by atoms with Crippen molar-refractivity contribution >= 4 is 0 Å². The molecule has 0 saturated carbocycles. The maximum atomic E-state index is 3.45. The van der Waals surface area contributed by atoms with E-state index in [9.17, 15) is 0 Å². The predicted octanol–water partition coefficient (Wildman–Crippen LogP) is -2.34. The Balaban J connectivity index is 2.17. The van der Waals surface area contributed by atoms with E-state index < -0.39 is 0 Å². The van der Waals surface area contributed by atoms with Gasteiger partial charge in [-0.05, 0) is 0 Å². The molecule has 8 heavy (non-hydrogen) atoms. The van der Waals surface area contributed by atoms with Gasteiger partial charge in [0.2, 0.25) is 0 Å². The van der Waals surface area contributed by atoms with Gasteiger partial charge < -0.3 is 0 Å². The number of nitrogens with one attached hydrogen (secondary N) is 1. The molecule has 1 aliphatic heterocycles. The summed E-state index contributed by atoms with van der Waals surface area (Å²) in [4.78, 5) is 0. The van der Waals surface area contributed by atoms with Crippen LogP contribution < -0.4 is 26.5 Å². The van der Waals surface area contributed by atoms with Gasteiger partial charge in [-0.1, -0.05) is 0 Å². The van der Waals surface area contributed by atoms with Gasteiger partial charge >= 0.3 is 61.3 Å². The number of hydrogen-bond donors (Lipinski definition) is 1. The molecule has 1 atom stereocenters. The fourth-order valence-corrected chi connectivity index (χ4v) is 3.38. The Morgan fingerprint density at radius 3 is 3.38 bits per heavy atom.